The maximum Gasteiger partial charge on any atom is 0.0176 e. The summed E-state index contributed by atoms with van der Waals surface area (Å²) in [5.41, 5.74) is 5.73. The molecule has 0 fully saturated rings. The molecule has 0 nitrogen and oxygen atoms in total. The zero-order valence-corrected chi connectivity index (χ0v) is 18.0. The molecule has 1 aliphatic rings. The molecule has 0 saturated carbocycles. The van der Waals surface area contributed by atoms with Crippen LogP contribution in [0.25, 0.3) is 5.57 Å². The molecule has 1 unspecified atom stereocenters. The minimum atomic E-state index is -0.245. The minimum Gasteiger partial charge on any atom is -0.0847 e. The molecule has 132 valence electrons. The van der Waals surface area contributed by atoms with E-state index in [1.165, 1.54) is 16.7 Å². The standard InChI is InChI=1S/C23H35P/c1-17-13-14-19(18(2)16-17)20-12-10-11-15-23(20,9)24(21(3,4)5)22(6,7)8/h10-14,16H,15H2,1-9H3. The third kappa shape index (κ3) is 3.70. The predicted octanol–water partition coefficient (Wildman–Crippen LogP) is 7.48. The fourth-order valence-electron chi connectivity index (χ4n) is 4.95. The van der Waals surface area contributed by atoms with Crippen LogP contribution in [0.3, 0.4) is 0 Å². The van der Waals surface area contributed by atoms with Crippen molar-refractivity contribution in [2.75, 3.05) is 0 Å². The van der Waals surface area contributed by atoms with Gasteiger partial charge in [-0.05, 0) is 47.3 Å². The van der Waals surface area contributed by atoms with E-state index in [0.717, 1.165) is 6.42 Å². The van der Waals surface area contributed by atoms with Crippen LogP contribution in [-0.2, 0) is 0 Å². The molecule has 0 saturated heterocycles. The van der Waals surface area contributed by atoms with E-state index in [2.05, 4.69) is 98.7 Å². The highest BCUT2D eigenvalue weighted by molar-refractivity contribution is 7.63. The molecule has 1 heteroatoms. The summed E-state index contributed by atoms with van der Waals surface area (Å²) in [4.78, 5) is 0. The molecule has 1 aromatic rings. The largest absolute Gasteiger partial charge is 0.0847 e. The van der Waals surface area contributed by atoms with Crippen molar-refractivity contribution in [3.8, 4) is 0 Å². The van der Waals surface area contributed by atoms with Gasteiger partial charge in [-0.25, -0.2) is 0 Å². The van der Waals surface area contributed by atoms with E-state index in [1.54, 1.807) is 5.57 Å². The Morgan fingerprint density at radius 2 is 1.54 bits per heavy atom. The van der Waals surface area contributed by atoms with Crippen LogP contribution in [0.15, 0.2) is 36.4 Å². The highest BCUT2D eigenvalue weighted by Gasteiger charge is 2.49. The van der Waals surface area contributed by atoms with Crippen LogP contribution in [-0.4, -0.2) is 15.5 Å². The van der Waals surface area contributed by atoms with Gasteiger partial charge in [0, 0.05) is 5.16 Å². The molecule has 24 heavy (non-hydrogen) atoms. The molecule has 0 bridgehead atoms. The molecule has 1 atom stereocenters. The predicted molar refractivity (Wildman–Crippen MR) is 112 cm³/mol. The van der Waals surface area contributed by atoms with Crippen molar-refractivity contribution in [2.24, 2.45) is 0 Å². The van der Waals surface area contributed by atoms with E-state index in [0.29, 0.717) is 10.3 Å². The summed E-state index contributed by atoms with van der Waals surface area (Å²) >= 11 is 0. The smallest absolute Gasteiger partial charge is 0.0176 e. The molecular weight excluding hydrogens is 307 g/mol. The first-order chi connectivity index (χ1) is 10.9. The average Bonchev–Trinajstić information content (AvgIpc) is 2.36. The molecular formula is C23H35P. The quantitative estimate of drug-likeness (QED) is 0.488. The Morgan fingerprint density at radius 3 is 2.04 bits per heavy atom. The molecule has 0 spiro atoms. The topological polar surface area (TPSA) is 0 Å². The Balaban J connectivity index is 2.65. The van der Waals surface area contributed by atoms with Crippen LogP contribution < -0.4 is 0 Å². The van der Waals surface area contributed by atoms with Crippen molar-refractivity contribution in [3.63, 3.8) is 0 Å². The Hall–Kier alpha value is -0.870. The maximum atomic E-state index is 2.52. The molecule has 0 aromatic heterocycles. The van der Waals surface area contributed by atoms with Gasteiger partial charge in [-0.1, -0.05) is 98.4 Å². The van der Waals surface area contributed by atoms with Crippen LogP contribution in [0.2, 0.25) is 0 Å². The van der Waals surface area contributed by atoms with Gasteiger partial charge in [-0.2, -0.15) is 0 Å². The second kappa shape index (κ2) is 6.45. The summed E-state index contributed by atoms with van der Waals surface area (Å²) in [5.74, 6) is 0. The van der Waals surface area contributed by atoms with Gasteiger partial charge >= 0.3 is 0 Å². The van der Waals surface area contributed by atoms with Gasteiger partial charge in [-0.3, -0.25) is 0 Å². The molecule has 0 N–H and O–H groups in total. The monoisotopic (exact) mass is 342 g/mol. The van der Waals surface area contributed by atoms with Gasteiger partial charge in [0.05, 0.1) is 0 Å². The van der Waals surface area contributed by atoms with Gasteiger partial charge in [0.1, 0.15) is 0 Å². The van der Waals surface area contributed by atoms with E-state index in [9.17, 15) is 0 Å². The lowest BCUT2D eigenvalue weighted by Gasteiger charge is -2.54. The molecule has 2 rings (SSSR count). The molecule has 0 radical (unpaired) electrons. The van der Waals surface area contributed by atoms with Crippen molar-refractivity contribution in [3.05, 3.63) is 53.1 Å². The van der Waals surface area contributed by atoms with Crippen LogP contribution in [0, 0.1) is 13.8 Å². The first-order valence-corrected chi connectivity index (χ1v) is 10.5. The Kier molecular flexibility index (Phi) is 5.23. The molecule has 0 amide bonds. The van der Waals surface area contributed by atoms with Gasteiger partial charge < -0.3 is 0 Å². The van der Waals surface area contributed by atoms with Crippen LogP contribution in [0.5, 0.6) is 0 Å². The summed E-state index contributed by atoms with van der Waals surface area (Å²) in [6.07, 6.45) is 8.16. The van der Waals surface area contributed by atoms with Crippen LogP contribution in [0.4, 0.5) is 0 Å². The lowest BCUT2D eigenvalue weighted by Crippen LogP contribution is -2.40. The summed E-state index contributed by atoms with van der Waals surface area (Å²) in [6.45, 7) is 21.6. The third-order valence-corrected chi connectivity index (χ3v) is 9.10. The number of hydrogen-bond donors (Lipinski definition) is 0. The lowest BCUT2D eigenvalue weighted by molar-refractivity contribution is 0.653. The van der Waals surface area contributed by atoms with E-state index in [-0.39, 0.29) is 13.1 Å². The molecule has 1 aromatic carbocycles. The second-order valence-corrected chi connectivity index (χ2v) is 13.8. The summed E-state index contributed by atoms with van der Waals surface area (Å²) in [6, 6.07) is 6.93. The van der Waals surface area contributed by atoms with Gasteiger partial charge in [-0.15, -0.1) is 0 Å². The molecule has 0 aliphatic heterocycles. The van der Waals surface area contributed by atoms with E-state index in [4.69, 9.17) is 0 Å². The van der Waals surface area contributed by atoms with Gasteiger partial charge in [0.15, 0.2) is 0 Å². The Morgan fingerprint density at radius 1 is 0.958 bits per heavy atom. The van der Waals surface area contributed by atoms with E-state index in [1.807, 2.05) is 0 Å². The zero-order chi connectivity index (χ0) is 18.3. The van der Waals surface area contributed by atoms with Crippen LogP contribution >= 0.6 is 7.92 Å². The third-order valence-electron chi connectivity index (χ3n) is 5.00. The first kappa shape index (κ1) is 19.5. The fraction of sp³-hybridized carbons (Fsp3) is 0.565. The fourth-order valence-corrected chi connectivity index (χ4v) is 10.6. The van der Waals surface area contributed by atoms with Crippen molar-refractivity contribution in [1.29, 1.82) is 0 Å². The zero-order valence-electron chi connectivity index (χ0n) is 17.1. The van der Waals surface area contributed by atoms with Gasteiger partial charge in [0.2, 0.25) is 0 Å². The number of benzene rings is 1. The van der Waals surface area contributed by atoms with Crippen molar-refractivity contribution < 1.29 is 0 Å². The highest BCUT2D eigenvalue weighted by atomic mass is 31.1. The maximum absolute atomic E-state index is 2.52. The van der Waals surface area contributed by atoms with E-state index < -0.39 is 0 Å². The molecule has 0 heterocycles. The van der Waals surface area contributed by atoms with E-state index >= 15 is 0 Å². The first-order valence-electron chi connectivity index (χ1n) is 9.13. The molecule has 1 aliphatic carbocycles. The summed E-state index contributed by atoms with van der Waals surface area (Å²) < 4.78 is 0. The summed E-state index contributed by atoms with van der Waals surface area (Å²) in [5, 5.41) is 0.830. The average molecular weight is 343 g/mol. The number of hydrogen-bond acceptors (Lipinski definition) is 0. The van der Waals surface area contributed by atoms with Crippen molar-refractivity contribution in [2.45, 2.75) is 84.2 Å². The number of aryl methyl sites for hydroxylation is 2. The highest BCUT2D eigenvalue weighted by Crippen LogP contribution is 2.72. The SMILES string of the molecule is Cc1ccc(C2=CC=CCC2(C)P(C(C)(C)C)C(C)(C)C)c(C)c1. The second-order valence-electron chi connectivity index (χ2n) is 9.48. The number of allylic oxidation sites excluding steroid dienone is 4. The normalized spacial score (nSPS) is 22.0. The Bertz CT molecular complexity index is 650. The van der Waals surface area contributed by atoms with Crippen LogP contribution in [0.1, 0.15) is 71.6 Å². The number of rotatable bonds is 2. The summed E-state index contributed by atoms with van der Waals surface area (Å²) in [7, 11) is -0.245. The Labute approximate surface area is 151 Å². The van der Waals surface area contributed by atoms with Gasteiger partial charge in [0.25, 0.3) is 0 Å². The van der Waals surface area contributed by atoms with Crippen molar-refractivity contribution in [1.82, 2.24) is 0 Å². The lowest BCUT2D eigenvalue weighted by atomic mass is 9.85. The van der Waals surface area contributed by atoms with Crippen molar-refractivity contribution >= 4 is 13.5 Å². The minimum absolute atomic E-state index is 0.209.